The molecule has 0 saturated carbocycles. The van der Waals surface area contributed by atoms with Crippen LogP contribution in [-0.2, 0) is 0 Å². The van der Waals surface area contributed by atoms with Gasteiger partial charge in [-0.05, 0) is 52.6 Å². The van der Waals surface area contributed by atoms with E-state index in [9.17, 15) is 0 Å². The average Bonchev–Trinajstić information content (AvgIpc) is 2.72. The first-order valence-corrected chi connectivity index (χ1v) is 6.69. The van der Waals surface area contributed by atoms with Crippen LogP contribution in [0.2, 0.25) is 0 Å². The molecule has 2 nitrogen and oxygen atoms in total. The summed E-state index contributed by atoms with van der Waals surface area (Å²) >= 11 is 0. The van der Waals surface area contributed by atoms with E-state index in [1.54, 1.807) is 0 Å². The van der Waals surface area contributed by atoms with Gasteiger partial charge >= 0.3 is 0 Å². The van der Waals surface area contributed by atoms with E-state index in [0.29, 0.717) is 12.1 Å². The van der Waals surface area contributed by atoms with Gasteiger partial charge in [-0.2, -0.15) is 0 Å². The first kappa shape index (κ1) is 13.0. The third kappa shape index (κ3) is 3.46. The Bertz CT molecular complexity index is 170. The van der Waals surface area contributed by atoms with Crippen molar-refractivity contribution in [3.05, 3.63) is 0 Å². The van der Waals surface area contributed by atoms with Crippen LogP contribution < -0.4 is 5.32 Å². The first-order valence-electron chi connectivity index (χ1n) is 6.69. The molecule has 2 heteroatoms. The zero-order valence-electron chi connectivity index (χ0n) is 10.9. The van der Waals surface area contributed by atoms with Gasteiger partial charge in [0.15, 0.2) is 0 Å². The lowest BCUT2D eigenvalue weighted by atomic mass is 10.1. The molecule has 3 atom stereocenters. The summed E-state index contributed by atoms with van der Waals surface area (Å²) in [7, 11) is 0. The van der Waals surface area contributed by atoms with Crippen molar-refractivity contribution in [1.82, 2.24) is 10.2 Å². The molecular formula is C13H28N2. The van der Waals surface area contributed by atoms with E-state index in [1.807, 2.05) is 0 Å². The van der Waals surface area contributed by atoms with Gasteiger partial charge in [-0.25, -0.2) is 0 Å². The highest BCUT2D eigenvalue weighted by atomic mass is 15.2. The molecule has 0 radical (unpaired) electrons. The standard InChI is InChI=1S/C13H28N2/c1-5-9-14-11(3)12(4)15-10-7-8-13(15)6-2/h11-14H,5-10H2,1-4H3. The number of nitrogens with one attached hydrogen (secondary N) is 1. The predicted molar refractivity (Wildman–Crippen MR) is 67.2 cm³/mol. The van der Waals surface area contributed by atoms with Crippen LogP contribution in [0.25, 0.3) is 0 Å². The normalized spacial score (nSPS) is 26.8. The second kappa shape index (κ2) is 6.49. The predicted octanol–water partition coefficient (Wildman–Crippen LogP) is 2.64. The summed E-state index contributed by atoms with van der Waals surface area (Å²) < 4.78 is 0. The second-order valence-electron chi connectivity index (χ2n) is 4.93. The minimum Gasteiger partial charge on any atom is -0.313 e. The topological polar surface area (TPSA) is 15.3 Å². The van der Waals surface area contributed by atoms with Crippen molar-refractivity contribution in [3.63, 3.8) is 0 Å². The van der Waals surface area contributed by atoms with Gasteiger partial charge in [0.25, 0.3) is 0 Å². The fourth-order valence-electron chi connectivity index (χ4n) is 2.66. The lowest BCUT2D eigenvalue weighted by molar-refractivity contribution is 0.156. The minimum absolute atomic E-state index is 0.622. The summed E-state index contributed by atoms with van der Waals surface area (Å²) in [5.74, 6) is 0. The van der Waals surface area contributed by atoms with Crippen LogP contribution in [0.15, 0.2) is 0 Å². The summed E-state index contributed by atoms with van der Waals surface area (Å²) in [6, 6.07) is 2.15. The molecule has 1 heterocycles. The Kier molecular flexibility index (Phi) is 5.62. The first-order chi connectivity index (χ1) is 7.20. The van der Waals surface area contributed by atoms with Gasteiger partial charge in [-0.15, -0.1) is 0 Å². The fourth-order valence-corrected chi connectivity index (χ4v) is 2.66. The van der Waals surface area contributed by atoms with Crippen molar-refractivity contribution in [2.75, 3.05) is 13.1 Å². The van der Waals surface area contributed by atoms with Crippen molar-refractivity contribution in [2.45, 2.75) is 71.5 Å². The van der Waals surface area contributed by atoms with Crippen LogP contribution in [0, 0.1) is 0 Å². The van der Waals surface area contributed by atoms with E-state index in [1.165, 1.54) is 32.2 Å². The zero-order chi connectivity index (χ0) is 11.3. The molecule has 3 unspecified atom stereocenters. The number of hydrogen-bond donors (Lipinski definition) is 1. The van der Waals surface area contributed by atoms with Crippen molar-refractivity contribution in [3.8, 4) is 0 Å². The number of rotatable bonds is 6. The molecule has 1 aliphatic rings. The van der Waals surface area contributed by atoms with E-state index in [2.05, 4.69) is 37.9 Å². The van der Waals surface area contributed by atoms with Crippen molar-refractivity contribution >= 4 is 0 Å². The van der Waals surface area contributed by atoms with Gasteiger partial charge in [0, 0.05) is 18.1 Å². The molecular weight excluding hydrogens is 184 g/mol. The lowest BCUT2D eigenvalue weighted by Crippen LogP contribution is -2.48. The zero-order valence-corrected chi connectivity index (χ0v) is 10.9. The van der Waals surface area contributed by atoms with Gasteiger partial charge in [0.05, 0.1) is 0 Å². The SMILES string of the molecule is CCCNC(C)C(C)N1CCCC1CC. The van der Waals surface area contributed by atoms with Gasteiger partial charge in [0.2, 0.25) is 0 Å². The highest BCUT2D eigenvalue weighted by Gasteiger charge is 2.29. The van der Waals surface area contributed by atoms with Crippen LogP contribution >= 0.6 is 0 Å². The highest BCUT2D eigenvalue weighted by Crippen LogP contribution is 2.23. The van der Waals surface area contributed by atoms with Crippen LogP contribution in [0.1, 0.15) is 53.4 Å². The largest absolute Gasteiger partial charge is 0.313 e. The molecule has 0 bridgehead atoms. The molecule has 1 saturated heterocycles. The van der Waals surface area contributed by atoms with Gasteiger partial charge < -0.3 is 5.32 Å². The molecule has 0 aliphatic carbocycles. The maximum absolute atomic E-state index is 3.61. The van der Waals surface area contributed by atoms with Crippen LogP contribution in [0.5, 0.6) is 0 Å². The molecule has 0 aromatic carbocycles. The maximum Gasteiger partial charge on any atom is 0.0221 e. The Labute approximate surface area is 95.4 Å². The molecule has 1 N–H and O–H groups in total. The lowest BCUT2D eigenvalue weighted by Gasteiger charge is -2.34. The van der Waals surface area contributed by atoms with E-state index in [-0.39, 0.29) is 0 Å². The maximum atomic E-state index is 3.61. The second-order valence-corrected chi connectivity index (χ2v) is 4.93. The summed E-state index contributed by atoms with van der Waals surface area (Å²) in [4.78, 5) is 2.70. The Hall–Kier alpha value is -0.0800. The molecule has 90 valence electrons. The van der Waals surface area contributed by atoms with Crippen LogP contribution in [-0.4, -0.2) is 36.1 Å². The van der Waals surface area contributed by atoms with E-state index < -0.39 is 0 Å². The quantitative estimate of drug-likeness (QED) is 0.728. The van der Waals surface area contributed by atoms with E-state index in [4.69, 9.17) is 0 Å². The molecule has 1 rings (SSSR count). The van der Waals surface area contributed by atoms with Crippen molar-refractivity contribution in [2.24, 2.45) is 0 Å². The Morgan fingerprint density at radius 1 is 1.33 bits per heavy atom. The minimum atomic E-state index is 0.622. The summed E-state index contributed by atoms with van der Waals surface area (Å²) in [6.45, 7) is 11.7. The summed E-state index contributed by atoms with van der Waals surface area (Å²) in [5.41, 5.74) is 0. The summed E-state index contributed by atoms with van der Waals surface area (Å²) in [6.07, 6.45) is 5.34. The molecule has 0 amide bonds. The van der Waals surface area contributed by atoms with Gasteiger partial charge in [0.1, 0.15) is 0 Å². The van der Waals surface area contributed by atoms with Crippen LogP contribution in [0.3, 0.4) is 0 Å². The molecule has 1 aliphatic heterocycles. The third-order valence-electron chi connectivity index (χ3n) is 3.86. The number of nitrogens with zero attached hydrogens (tertiary/aromatic N) is 1. The average molecular weight is 212 g/mol. The Balaban J connectivity index is 2.40. The van der Waals surface area contributed by atoms with Gasteiger partial charge in [-0.3, -0.25) is 4.90 Å². The monoisotopic (exact) mass is 212 g/mol. The molecule has 15 heavy (non-hydrogen) atoms. The summed E-state index contributed by atoms with van der Waals surface area (Å²) in [5, 5.41) is 3.61. The van der Waals surface area contributed by atoms with Crippen LogP contribution in [0.4, 0.5) is 0 Å². The van der Waals surface area contributed by atoms with Crippen molar-refractivity contribution in [1.29, 1.82) is 0 Å². The fraction of sp³-hybridized carbons (Fsp3) is 1.00. The number of hydrogen-bond acceptors (Lipinski definition) is 2. The molecule has 1 fully saturated rings. The number of likely N-dealkylation sites (tertiary alicyclic amines) is 1. The third-order valence-corrected chi connectivity index (χ3v) is 3.86. The van der Waals surface area contributed by atoms with Crippen molar-refractivity contribution < 1.29 is 0 Å². The molecule has 0 aromatic rings. The van der Waals surface area contributed by atoms with Gasteiger partial charge in [-0.1, -0.05) is 13.8 Å². The molecule has 0 aromatic heterocycles. The Morgan fingerprint density at radius 3 is 2.67 bits per heavy atom. The highest BCUT2D eigenvalue weighted by molar-refractivity contribution is 4.86. The molecule has 0 spiro atoms. The Morgan fingerprint density at radius 2 is 2.07 bits per heavy atom. The van der Waals surface area contributed by atoms with E-state index >= 15 is 0 Å². The van der Waals surface area contributed by atoms with E-state index in [0.717, 1.165) is 12.6 Å². The smallest absolute Gasteiger partial charge is 0.0221 e.